The second kappa shape index (κ2) is 7.96. The Kier molecular flexibility index (Phi) is 5.67. The number of hydrogen-bond donors (Lipinski definition) is 0. The minimum atomic E-state index is -0.103. The van der Waals surface area contributed by atoms with Crippen LogP contribution in [0, 0.1) is 0 Å². The van der Waals surface area contributed by atoms with E-state index in [1.54, 1.807) is 34.1 Å². The number of amides is 2. The molecule has 1 fully saturated rings. The van der Waals surface area contributed by atoms with Crippen molar-refractivity contribution in [3.8, 4) is 0 Å². The number of aryl methyl sites for hydroxylation is 2. The van der Waals surface area contributed by atoms with Gasteiger partial charge in [-0.15, -0.1) is 0 Å². The Labute approximate surface area is 158 Å². The molecule has 0 aliphatic carbocycles. The van der Waals surface area contributed by atoms with E-state index in [2.05, 4.69) is 6.92 Å². The van der Waals surface area contributed by atoms with Gasteiger partial charge in [0.15, 0.2) is 5.76 Å². The summed E-state index contributed by atoms with van der Waals surface area (Å²) in [5, 5.41) is 0.543. The van der Waals surface area contributed by atoms with Crippen molar-refractivity contribution in [1.29, 1.82) is 0 Å². The molecule has 0 unspecified atom stereocenters. The van der Waals surface area contributed by atoms with Crippen LogP contribution in [0.2, 0.25) is 5.02 Å². The van der Waals surface area contributed by atoms with Crippen LogP contribution in [0.15, 0.2) is 34.7 Å². The minimum Gasteiger partial charge on any atom is -0.456 e. The van der Waals surface area contributed by atoms with Crippen molar-refractivity contribution in [2.24, 2.45) is 0 Å². The van der Waals surface area contributed by atoms with Crippen LogP contribution in [0.5, 0.6) is 0 Å². The van der Waals surface area contributed by atoms with Gasteiger partial charge in [-0.1, -0.05) is 31.5 Å². The summed E-state index contributed by atoms with van der Waals surface area (Å²) in [4.78, 5) is 28.8. The Balaban J connectivity index is 1.63. The maximum Gasteiger partial charge on any atom is 0.289 e. The van der Waals surface area contributed by atoms with Crippen LogP contribution in [-0.4, -0.2) is 47.8 Å². The molecule has 3 rings (SSSR count). The first-order valence-corrected chi connectivity index (χ1v) is 9.37. The average molecular weight is 375 g/mol. The van der Waals surface area contributed by atoms with Gasteiger partial charge in [-0.05, 0) is 36.2 Å². The summed E-state index contributed by atoms with van der Waals surface area (Å²) in [7, 11) is 0. The smallest absolute Gasteiger partial charge is 0.289 e. The molecule has 138 valence electrons. The van der Waals surface area contributed by atoms with Crippen LogP contribution in [0.3, 0.4) is 0 Å². The van der Waals surface area contributed by atoms with Gasteiger partial charge < -0.3 is 14.2 Å². The lowest BCUT2D eigenvalue weighted by Gasteiger charge is -2.34. The number of halogens is 1. The summed E-state index contributed by atoms with van der Waals surface area (Å²) in [5.41, 5.74) is 1.66. The van der Waals surface area contributed by atoms with Gasteiger partial charge in [0.05, 0.1) is 0 Å². The molecular formula is C20H23ClN2O3. The number of furan rings is 1. The van der Waals surface area contributed by atoms with Gasteiger partial charge in [0.25, 0.3) is 11.8 Å². The molecule has 6 heteroatoms. The van der Waals surface area contributed by atoms with Crippen molar-refractivity contribution in [3.05, 3.63) is 58.0 Å². The molecule has 0 N–H and O–H groups in total. The van der Waals surface area contributed by atoms with Gasteiger partial charge in [-0.3, -0.25) is 9.59 Å². The second-order valence-corrected chi connectivity index (χ2v) is 6.80. The Morgan fingerprint density at radius 2 is 1.65 bits per heavy atom. The van der Waals surface area contributed by atoms with Gasteiger partial charge in [-0.2, -0.15) is 0 Å². The molecule has 0 spiro atoms. The summed E-state index contributed by atoms with van der Waals surface area (Å²) in [6, 6.07) is 8.79. The summed E-state index contributed by atoms with van der Waals surface area (Å²) >= 11 is 5.96. The fourth-order valence-corrected chi connectivity index (χ4v) is 3.43. The molecule has 1 aromatic heterocycles. The first-order valence-electron chi connectivity index (χ1n) is 8.99. The van der Waals surface area contributed by atoms with Crippen molar-refractivity contribution < 1.29 is 14.0 Å². The van der Waals surface area contributed by atoms with Crippen molar-refractivity contribution in [3.63, 3.8) is 0 Å². The Morgan fingerprint density at radius 3 is 2.19 bits per heavy atom. The lowest BCUT2D eigenvalue weighted by Crippen LogP contribution is -2.50. The highest BCUT2D eigenvalue weighted by Gasteiger charge is 2.27. The van der Waals surface area contributed by atoms with E-state index in [-0.39, 0.29) is 11.8 Å². The molecule has 1 aromatic carbocycles. The highest BCUT2D eigenvalue weighted by atomic mass is 35.5. The third-order valence-electron chi connectivity index (χ3n) is 4.74. The number of rotatable bonds is 4. The standard InChI is InChI=1S/C20H23ClN2O3/c1-3-14-13-18(26-17(14)4-2)20(25)23-10-8-22(9-11-23)19(24)15-6-5-7-16(21)12-15/h5-7,12-13H,3-4,8-11H2,1-2H3. The largest absolute Gasteiger partial charge is 0.456 e. The van der Waals surface area contributed by atoms with Crippen LogP contribution in [-0.2, 0) is 12.8 Å². The van der Waals surface area contributed by atoms with E-state index in [4.69, 9.17) is 16.0 Å². The maximum absolute atomic E-state index is 12.7. The number of carbonyl (C=O) groups is 2. The second-order valence-electron chi connectivity index (χ2n) is 6.36. The topological polar surface area (TPSA) is 53.8 Å². The van der Waals surface area contributed by atoms with E-state index in [1.165, 1.54) is 0 Å². The van der Waals surface area contributed by atoms with E-state index in [9.17, 15) is 9.59 Å². The lowest BCUT2D eigenvalue weighted by molar-refractivity contribution is 0.0517. The van der Waals surface area contributed by atoms with Gasteiger partial charge in [0, 0.05) is 43.2 Å². The lowest BCUT2D eigenvalue weighted by atomic mass is 10.1. The van der Waals surface area contributed by atoms with Crippen LogP contribution in [0.25, 0.3) is 0 Å². The SMILES string of the molecule is CCc1cc(C(=O)N2CCN(C(=O)c3cccc(Cl)c3)CC2)oc1CC. The van der Waals surface area contributed by atoms with Crippen molar-refractivity contribution in [2.45, 2.75) is 26.7 Å². The predicted molar refractivity (Wildman–Crippen MR) is 101 cm³/mol. The molecule has 0 atom stereocenters. The highest BCUT2D eigenvalue weighted by Crippen LogP contribution is 2.20. The predicted octanol–water partition coefficient (Wildman–Crippen LogP) is 3.66. The Morgan fingerprint density at radius 1 is 1.00 bits per heavy atom. The van der Waals surface area contributed by atoms with Crippen LogP contribution in [0.1, 0.15) is 46.1 Å². The fraction of sp³-hybridized carbons (Fsp3) is 0.400. The van der Waals surface area contributed by atoms with E-state index in [0.29, 0.717) is 42.5 Å². The van der Waals surface area contributed by atoms with Gasteiger partial charge in [0.1, 0.15) is 5.76 Å². The summed E-state index contributed by atoms with van der Waals surface area (Å²) in [6.07, 6.45) is 1.63. The number of nitrogens with zero attached hydrogens (tertiary/aromatic N) is 2. The quantitative estimate of drug-likeness (QED) is 0.820. The van der Waals surface area contributed by atoms with Crippen molar-refractivity contribution in [2.75, 3.05) is 26.2 Å². The molecule has 2 heterocycles. The molecule has 5 nitrogen and oxygen atoms in total. The van der Waals surface area contributed by atoms with Gasteiger partial charge in [0.2, 0.25) is 0 Å². The molecule has 1 saturated heterocycles. The first-order chi connectivity index (χ1) is 12.5. The van der Waals surface area contributed by atoms with Crippen molar-refractivity contribution in [1.82, 2.24) is 9.80 Å². The molecule has 1 aliphatic rings. The first kappa shape index (κ1) is 18.5. The molecule has 0 radical (unpaired) electrons. The summed E-state index contributed by atoms with van der Waals surface area (Å²) in [5.74, 6) is 1.12. The zero-order valence-corrected chi connectivity index (χ0v) is 15.9. The average Bonchev–Trinajstić information content (AvgIpc) is 3.10. The normalized spacial score (nSPS) is 14.6. The van der Waals surface area contributed by atoms with E-state index in [1.807, 2.05) is 13.0 Å². The van der Waals surface area contributed by atoms with E-state index in [0.717, 1.165) is 24.2 Å². The van der Waals surface area contributed by atoms with Crippen LogP contribution >= 0.6 is 11.6 Å². The summed E-state index contributed by atoms with van der Waals surface area (Å²) in [6.45, 7) is 6.06. The third-order valence-corrected chi connectivity index (χ3v) is 4.97. The van der Waals surface area contributed by atoms with Crippen molar-refractivity contribution >= 4 is 23.4 Å². The van der Waals surface area contributed by atoms with E-state index < -0.39 is 0 Å². The van der Waals surface area contributed by atoms with Gasteiger partial charge in [-0.25, -0.2) is 0 Å². The molecular weight excluding hydrogens is 352 g/mol. The minimum absolute atomic E-state index is 0.0564. The Hall–Kier alpha value is -2.27. The molecule has 2 aromatic rings. The fourth-order valence-electron chi connectivity index (χ4n) is 3.24. The number of carbonyl (C=O) groups excluding carboxylic acids is 2. The number of hydrogen-bond acceptors (Lipinski definition) is 3. The van der Waals surface area contributed by atoms with Crippen LogP contribution in [0.4, 0.5) is 0 Å². The zero-order valence-electron chi connectivity index (χ0n) is 15.1. The number of piperazine rings is 1. The van der Waals surface area contributed by atoms with Gasteiger partial charge >= 0.3 is 0 Å². The molecule has 2 amide bonds. The van der Waals surface area contributed by atoms with E-state index >= 15 is 0 Å². The Bertz CT molecular complexity index is 786. The molecule has 0 bridgehead atoms. The number of benzene rings is 1. The monoisotopic (exact) mass is 374 g/mol. The molecule has 26 heavy (non-hydrogen) atoms. The third kappa shape index (κ3) is 3.78. The van der Waals surface area contributed by atoms with Crippen LogP contribution < -0.4 is 0 Å². The zero-order chi connectivity index (χ0) is 18.7. The highest BCUT2D eigenvalue weighted by molar-refractivity contribution is 6.30. The molecule has 1 aliphatic heterocycles. The molecule has 0 saturated carbocycles. The maximum atomic E-state index is 12.7. The summed E-state index contributed by atoms with van der Waals surface area (Å²) < 4.78 is 5.74.